The summed E-state index contributed by atoms with van der Waals surface area (Å²) in [6.45, 7) is 7.21. The molecule has 0 radical (unpaired) electrons. The van der Waals surface area contributed by atoms with Gasteiger partial charge in [-0.25, -0.2) is 0 Å². The summed E-state index contributed by atoms with van der Waals surface area (Å²) in [7, 11) is 0. The van der Waals surface area contributed by atoms with E-state index < -0.39 is 0 Å². The van der Waals surface area contributed by atoms with Crippen LogP contribution in [0.25, 0.3) is 0 Å². The maximum absolute atomic E-state index is 6.00. The lowest BCUT2D eigenvalue weighted by atomic mass is 10.0. The summed E-state index contributed by atoms with van der Waals surface area (Å²) in [5.74, 6) is 0. The first-order chi connectivity index (χ1) is 9.24. The number of nitrogens with two attached hydrogens (primary N) is 1. The highest BCUT2D eigenvalue weighted by Crippen LogP contribution is 2.28. The van der Waals surface area contributed by atoms with E-state index in [0.717, 1.165) is 6.04 Å². The Morgan fingerprint density at radius 3 is 2.74 bits per heavy atom. The van der Waals surface area contributed by atoms with E-state index in [-0.39, 0.29) is 0 Å². The molecule has 2 saturated heterocycles. The molecular formula is C15H25N3S. The van der Waals surface area contributed by atoms with Gasteiger partial charge in [-0.3, -0.25) is 9.80 Å². The van der Waals surface area contributed by atoms with Crippen LogP contribution in [0.4, 0.5) is 0 Å². The van der Waals surface area contributed by atoms with Gasteiger partial charge in [-0.1, -0.05) is 0 Å². The van der Waals surface area contributed by atoms with Gasteiger partial charge in [-0.15, -0.1) is 0 Å². The Balaban J connectivity index is 1.55. The molecule has 2 fully saturated rings. The molecular weight excluding hydrogens is 254 g/mol. The van der Waals surface area contributed by atoms with Crippen LogP contribution in [-0.2, 0) is 0 Å². The molecule has 3 heterocycles. The van der Waals surface area contributed by atoms with Crippen molar-refractivity contribution in [1.29, 1.82) is 0 Å². The van der Waals surface area contributed by atoms with E-state index in [4.69, 9.17) is 5.73 Å². The molecule has 2 aliphatic rings. The zero-order valence-electron chi connectivity index (χ0n) is 11.8. The molecule has 2 N–H and O–H groups in total. The lowest BCUT2D eigenvalue weighted by Gasteiger charge is -2.35. The summed E-state index contributed by atoms with van der Waals surface area (Å²) < 4.78 is 0. The fraction of sp³-hybridized carbons (Fsp3) is 0.733. The van der Waals surface area contributed by atoms with E-state index in [0.29, 0.717) is 12.1 Å². The summed E-state index contributed by atoms with van der Waals surface area (Å²) in [6.07, 6.45) is 3.68. The Hall–Kier alpha value is -0.420. The minimum absolute atomic E-state index is 0.443. The Morgan fingerprint density at radius 2 is 2.05 bits per heavy atom. The first-order valence-corrected chi connectivity index (χ1v) is 8.44. The number of thiophene rings is 1. The number of likely N-dealkylation sites (tertiary alicyclic amines) is 2. The lowest BCUT2D eigenvalue weighted by Crippen LogP contribution is -2.46. The molecule has 2 atom stereocenters. The second-order valence-electron chi connectivity index (χ2n) is 6.04. The van der Waals surface area contributed by atoms with E-state index in [2.05, 4.69) is 33.6 Å². The maximum atomic E-state index is 6.00. The first-order valence-electron chi connectivity index (χ1n) is 7.50. The molecule has 2 aliphatic heterocycles. The normalized spacial score (nSPS) is 28.8. The van der Waals surface area contributed by atoms with E-state index >= 15 is 0 Å². The highest BCUT2D eigenvalue weighted by Gasteiger charge is 2.32. The van der Waals surface area contributed by atoms with Crippen LogP contribution >= 0.6 is 11.3 Å². The summed E-state index contributed by atoms with van der Waals surface area (Å²) in [6, 6.07) is 4.04. The molecule has 0 aliphatic carbocycles. The topological polar surface area (TPSA) is 32.5 Å². The number of nitrogens with zero attached hydrogens (tertiary/aromatic N) is 2. The molecule has 0 amide bonds. The zero-order valence-corrected chi connectivity index (χ0v) is 12.6. The Kier molecular flexibility index (Phi) is 4.22. The summed E-state index contributed by atoms with van der Waals surface area (Å²) >= 11 is 1.80. The molecule has 1 aromatic heterocycles. The van der Waals surface area contributed by atoms with Gasteiger partial charge in [0, 0.05) is 31.2 Å². The van der Waals surface area contributed by atoms with Crippen LogP contribution < -0.4 is 5.73 Å². The molecule has 0 bridgehead atoms. The van der Waals surface area contributed by atoms with E-state index in [1.807, 2.05) is 0 Å². The minimum atomic E-state index is 0.443. The average molecular weight is 279 g/mol. The van der Waals surface area contributed by atoms with Crippen molar-refractivity contribution in [2.75, 3.05) is 26.2 Å². The van der Waals surface area contributed by atoms with Crippen molar-refractivity contribution in [2.24, 2.45) is 5.73 Å². The molecule has 0 aromatic carbocycles. The van der Waals surface area contributed by atoms with Crippen molar-refractivity contribution in [1.82, 2.24) is 9.80 Å². The van der Waals surface area contributed by atoms with Gasteiger partial charge in [0.1, 0.15) is 0 Å². The third-order valence-electron chi connectivity index (χ3n) is 4.86. The molecule has 3 rings (SSSR count). The molecule has 106 valence electrons. The quantitative estimate of drug-likeness (QED) is 0.921. The average Bonchev–Trinajstić information content (AvgIpc) is 3.10. The van der Waals surface area contributed by atoms with Crippen molar-refractivity contribution >= 4 is 11.3 Å². The van der Waals surface area contributed by atoms with Crippen molar-refractivity contribution in [2.45, 2.75) is 44.3 Å². The molecule has 3 nitrogen and oxygen atoms in total. The van der Waals surface area contributed by atoms with Crippen LogP contribution in [0.1, 0.15) is 37.8 Å². The van der Waals surface area contributed by atoms with Gasteiger partial charge in [0.05, 0.1) is 0 Å². The molecule has 19 heavy (non-hydrogen) atoms. The third-order valence-corrected chi connectivity index (χ3v) is 5.56. The Bertz CT molecular complexity index is 384. The second kappa shape index (κ2) is 5.92. The van der Waals surface area contributed by atoms with Gasteiger partial charge in [0.2, 0.25) is 0 Å². The molecule has 0 spiro atoms. The SMILES string of the molecule is CC(c1ccsc1)N1CCC(N2CCC(N)CC2)C1. The smallest absolute Gasteiger partial charge is 0.0328 e. The standard InChI is InChI=1S/C15H25N3S/c1-12(13-5-9-19-11-13)18-8-4-15(10-18)17-6-2-14(16)3-7-17/h5,9,11-12,14-15H,2-4,6-8,10,16H2,1H3. The van der Waals surface area contributed by atoms with Crippen molar-refractivity contribution in [3.05, 3.63) is 22.4 Å². The number of rotatable bonds is 3. The summed E-state index contributed by atoms with van der Waals surface area (Å²) in [5.41, 5.74) is 7.48. The van der Waals surface area contributed by atoms with Gasteiger partial charge in [-0.05, 0) is 61.7 Å². The van der Waals surface area contributed by atoms with Gasteiger partial charge in [0.15, 0.2) is 0 Å². The maximum Gasteiger partial charge on any atom is 0.0328 e. The monoisotopic (exact) mass is 279 g/mol. The fourth-order valence-corrected chi connectivity index (χ4v) is 4.17. The van der Waals surface area contributed by atoms with Gasteiger partial charge < -0.3 is 5.73 Å². The fourth-order valence-electron chi connectivity index (χ4n) is 3.43. The Morgan fingerprint density at radius 1 is 1.26 bits per heavy atom. The molecule has 1 aromatic rings. The third kappa shape index (κ3) is 3.02. The molecule has 2 unspecified atom stereocenters. The summed E-state index contributed by atoms with van der Waals surface area (Å²) in [4.78, 5) is 5.31. The van der Waals surface area contributed by atoms with Gasteiger partial charge in [0.25, 0.3) is 0 Å². The van der Waals surface area contributed by atoms with Crippen LogP contribution in [0, 0.1) is 0 Å². The van der Waals surface area contributed by atoms with Crippen LogP contribution in [0.15, 0.2) is 16.8 Å². The minimum Gasteiger partial charge on any atom is -0.328 e. The van der Waals surface area contributed by atoms with Gasteiger partial charge >= 0.3 is 0 Å². The van der Waals surface area contributed by atoms with Crippen molar-refractivity contribution in [3.63, 3.8) is 0 Å². The van der Waals surface area contributed by atoms with Gasteiger partial charge in [-0.2, -0.15) is 11.3 Å². The van der Waals surface area contributed by atoms with E-state index in [9.17, 15) is 0 Å². The number of hydrogen-bond acceptors (Lipinski definition) is 4. The van der Waals surface area contributed by atoms with E-state index in [1.54, 1.807) is 11.3 Å². The number of hydrogen-bond donors (Lipinski definition) is 1. The number of piperidine rings is 1. The predicted octanol–water partition coefficient (Wildman–Crippen LogP) is 2.31. The van der Waals surface area contributed by atoms with Crippen molar-refractivity contribution < 1.29 is 0 Å². The first kappa shape index (κ1) is 13.6. The second-order valence-corrected chi connectivity index (χ2v) is 6.82. The Labute approximate surface area is 120 Å². The largest absolute Gasteiger partial charge is 0.328 e. The van der Waals surface area contributed by atoms with Crippen LogP contribution in [0.2, 0.25) is 0 Å². The van der Waals surface area contributed by atoms with Crippen LogP contribution in [0.3, 0.4) is 0 Å². The molecule has 0 saturated carbocycles. The van der Waals surface area contributed by atoms with Crippen LogP contribution in [0.5, 0.6) is 0 Å². The highest BCUT2D eigenvalue weighted by molar-refractivity contribution is 7.07. The lowest BCUT2D eigenvalue weighted by molar-refractivity contribution is 0.146. The van der Waals surface area contributed by atoms with Crippen LogP contribution in [-0.4, -0.2) is 48.1 Å². The van der Waals surface area contributed by atoms with Crippen molar-refractivity contribution in [3.8, 4) is 0 Å². The summed E-state index contributed by atoms with van der Waals surface area (Å²) in [5, 5.41) is 4.48. The predicted molar refractivity (Wildman–Crippen MR) is 81.5 cm³/mol. The van der Waals surface area contributed by atoms with E-state index in [1.165, 1.54) is 51.0 Å². The highest BCUT2D eigenvalue weighted by atomic mass is 32.1. The zero-order chi connectivity index (χ0) is 13.2. The molecule has 4 heteroatoms.